The fourth-order valence-electron chi connectivity index (χ4n) is 4.03. The summed E-state index contributed by atoms with van der Waals surface area (Å²) in [5.74, 6) is -0.280. The summed E-state index contributed by atoms with van der Waals surface area (Å²) in [6.45, 7) is 2.09. The van der Waals surface area contributed by atoms with E-state index in [0.29, 0.717) is 35.8 Å². The van der Waals surface area contributed by atoms with Gasteiger partial charge >= 0.3 is 6.18 Å². The quantitative estimate of drug-likeness (QED) is 0.481. The summed E-state index contributed by atoms with van der Waals surface area (Å²) in [6, 6.07) is 5.21. The maximum absolute atomic E-state index is 13.8. The monoisotopic (exact) mass is 493 g/mol. The van der Waals surface area contributed by atoms with Crippen LogP contribution in [0.25, 0.3) is 10.6 Å². The van der Waals surface area contributed by atoms with E-state index in [4.69, 9.17) is 11.6 Å². The molecule has 0 aliphatic carbocycles. The van der Waals surface area contributed by atoms with E-state index in [9.17, 15) is 18.0 Å². The number of nitrogens with zero attached hydrogens (tertiary/aromatic N) is 2. The molecule has 0 radical (unpaired) electrons. The van der Waals surface area contributed by atoms with Crippen molar-refractivity contribution in [3.63, 3.8) is 0 Å². The lowest BCUT2D eigenvalue weighted by molar-refractivity contribution is -0.137. The van der Waals surface area contributed by atoms with E-state index in [-0.39, 0.29) is 22.4 Å². The molecule has 2 aromatic heterocycles. The van der Waals surface area contributed by atoms with Crippen LogP contribution in [0.5, 0.6) is 0 Å². The minimum Gasteiger partial charge on any atom is -0.352 e. The van der Waals surface area contributed by atoms with Crippen LogP contribution >= 0.6 is 22.9 Å². The topological polar surface area (TPSA) is 78.9 Å². The molecule has 33 heavy (non-hydrogen) atoms. The molecular weight excluding hydrogens is 475 g/mol. The first-order chi connectivity index (χ1) is 15.8. The molecule has 3 N–H and O–H groups in total. The van der Waals surface area contributed by atoms with Gasteiger partial charge in [0.05, 0.1) is 26.8 Å². The number of carbonyl (C=O) groups is 1. The third-order valence-electron chi connectivity index (χ3n) is 5.67. The highest BCUT2D eigenvalue weighted by Crippen LogP contribution is 2.41. The first-order valence-electron chi connectivity index (χ1n) is 10.4. The molecule has 1 aromatic carbocycles. The van der Waals surface area contributed by atoms with Crippen molar-refractivity contribution in [3.8, 4) is 10.6 Å². The van der Waals surface area contributed by atoms with Gasteiger partial charge in [0.2, 0.25) is 5.95 Å². The number of fused-ring (bicyclic) bond motifs is 2. The van der Waals surface area contributed by atoms with Gasteiger partial charge in [-0.3, -0.25) is 4.79 Å². The molecule has 0 bridgehead atoms. The van der Waals surface area contributed by atoms with Crippen molar-refractivity contribution in [1.82, 2.24) is 20.6 Å². The standard InChI is InChI=1S/C22H19ClF3N5OS/c23-15-6-11-3-5-27-9-12(11)7-16(15)30-21-29-10-14(22(24,25)26)19(31-21)18-8-13-17(33-18)2-1-4-28-20(13)32/h6-8,10,27H,1-5,9H2,(H,28,32)(H,29,30,31). The van der Waals surface area contributed by atoms with Crippen LogP contribution in [-0.2, 0) is 25.6 Å². The van der Waals surface area contributed by atoms with E-state index in [1.165, 1.54) is 6.07 Å². The molecule has 3 aromatic rings. The normalized spacial score (nSPS) is 15.9. The predicted octanol–water partition coefficient (Wildman–Crippen LogP) is 4.94. The van der Waals surface area contributed by atoms with Crippen molar-refractivity contribution in [2.24, 2.45) is 0 Å². The first kappa shape index (κ1) is 22.1. The summed E-state index contributed by atoms with van der Waals surface area (Å²) in [5.41, 5.74) is 1.90. The second kappa shape index (κ2) is 8.58. The molecule has 0 spiro atoms. The number of hydrogen-bond acceptors (Lipinski definition) is 6. The van der Waals surface area contributed by atoms with E-state index >= 15 is 0 Å². The summed E-state index contributed by atoms with van der Waals surface area (Å²) in [6.07, 6.45) is -1.68. The number of amides is 1. The van der Waals surface area contributed by atoms with Crippen LogP contribution in [0, 0.1) is 0 Å². The fourth-order valence-corrected chi connectivity index (χ4v) is 5.46. The molecule has 0 fully saturated rings. The Morgan fingerprint density at radius 2 is 1.97 bits per heavy atom. The van der Waals surface area contributed by atoms with Crippen LogP contribution < -0.4 is 16.0 Å². The molecule has 6 nitrogen and oxygen atoms in total. The average molecular weight is 494 g/mol. The molecule has 1 amide bonds. The molecule has 5 rings (SSSR count). The largest absolute Gasteiger partial charge is 0.420 e. The number of aryl methyl sites for hydroxylation is 1. The van der Waals surface area contributed by atoms with Crippen LogP contribution in [0.2, 0.25) is 5.02 Å². The Labute approximate surface area is 196 Å². The molecule has 4 heterocycles. The number of rotatable bonds is 3. The number of alkyl halides is 3. The minimum atomic E-state index is -4.65. The highest BCUT2D eigenvalue weighted by Gasteiger charge is 2.36. The lowest BCUT2D eigenvalue weighted by Gasteiger charge is -2.19. The summed E-state index contributed by atoms with van der Waals surface area (Å²) >= 11 is 7.57. The van der Waals surface area contributed by atoms with Gasteiger partial charge in [0.15, 0.2) is 0 Å². The lowest BCUT2D eigenvalue weighted by atomic mass is 10.0. The zero-order valence-corrected chi connectivity index (χ0v) is 18.8. The van der Waals surface area contributed by atoms with Crippen LogP contribution in [0.1, 0.15) is 38.3 Å². The number of aromatic nitrogens is 2. The van der Waals surface area contributed by atoms with E-state index in [0.717, 1.165) is 52.9 Å². The Morgan fingerprint density at radius 1 is 1.12 bits per heavy atom. The predicted molar refractivity (Wildman–Crippen MR) is 121 cm³/mol. The number of thiophene rings is 1. The summed E-state index contributed by atoms with van der Waals surface area (Å²) in [7, 11) is 0. The van der Waals surface area contributed by atoms with Gasteiger partial charge in [0.25, 0.3) is 5.91 Å². The van der Waals surface area contributed by atoms with Gasteiger partial charge < -0.3 is 16.0 Å². The number of benzene rings is 1. The highest BCUT2D eigenvalue weighted by atomic mass is 35.5. The van der Waals surface area contributed by atoms with Gasteiger partial charge in [-0.25, -0.2) is 9.97 Å². The van der Waals surface area contributed by atoms with Crippen molar-refractivity contribution >= 4 is 40.5 Å². The van der Waals surface area contributed by atoms with Crippen molar-refractivity contribution in [2.75, 3.05) is 18.4 Å². The van der Waals surface area contributed by atoms with Crippen molar-refractivity contribution in [1.29, 1.82) is 0 Å². The van der Waals surface area contributed by atoms with Gasteiger partial charge in [0, 0.05) is 24.2 Å². The molecule has 2 aliphatic heterocycles. The Kier molecular flexibility index (Phi) is 5.75. The van der Waals surface area contributed by atoms with Gasteiger partial charge in [-0.15, -0.1) is 11.3 Å². The van der Waals surface area contributed by atoms with Crippen molar-refractivity contribution in [2.45, 2.75) is 32.0 Å². The smallest absolute Gasteiger partial charge is 0.352 e. The molecule has 172 valence electrons. The SMILES string of the molecule is O=C1NCCCc2sc(-c3nc(Nc4cc5c(cc4Cl)CCNC5)ncc3C(F)(F)F)cc21. The number of carbonyl (C=O) groups excluding carboxylic acids is 1. The maximum Gasteiger partial charge on any atom is 0.420 e. The number of anilines is 2. The Hall–Kier alpha value is -2.69. The molecule has 2 aliphatic rings. The van der Waals surface area contributed by atoms with Crippen LogP contribution in [-0.4, -0.2) is 29.0 Å². The van der Waals surface area contributed by atoms with Crippen molar-refractivity contribution < 1.29 is 18.0 Å². The Morgan fingerprint density at radius 3 is 2.79 bits per heavy atom. The summed E-state index contributed by atoms with van der Waals surface area (Å²) < 4.78 is 41.3. The van der Waals surface area contributed by atoms with Gasteiger partial charge in [-0.1, -0.05) is 11.6 Å². The number of hydrogen-bond donors (Lipinski definition) is 3. The van der Waals surface area contributed by atoms with Gasteiger partial charge in [0.1, 0.15) is 5.56 Å². The summed E-state index contributed by atoms with van der Waals surface area (Å²) in [4.78, 5) is 21.4. The van der Waals surface area contributed by atoms with E-state index in [1.54, 1.807) is 0 Å². The van der Waals surface area contributed by atoms with Crippen LogP contribution in [0.15, 0.2) is 24.4 Å². The summed E-state index contributed by atoms with van der Waals surface area (Å²) in [5, 5.41) is 9.46. The van der Waals surface area contributed by atoms with Gasteiger partial charge in [-0.05, 0) is 55.1 Å². The third kappa shape index (κ3) is 4.42. The van der Waals surface area contributed by atoms with E-state index < -0.39 is 11.7 Å². The number of nitrogens with one attached hydrogen (secondary N) is 3. The van der Waals surface area contributed by atoms with E-state index in [2.05, 4.69) is 25.9 Å². The molecular formula is C22H19ClF3N5OS. The molecule has 0 unspecified atom stereocenters. The Bertz CT molecular complexity index is 1240. The van der Waals surface area contributed by atoms with Gasteiger partial charge in [-0.2, -0.15) is 13.2 Å². The maximum atomic E-state index is 13.8. The van der Waals surface area contributed by atoms with Crippen molar-refractivity contribution in [3.05, 3.63) is 56.5 Å². The third-order valence-corrected chi connectivity index (χ3v) is 7.18. The minimum absolute atomic E-state index is 0.00309. The second-order valence-electron chi connectivity index (χ2n) is 7.91. The lowest BCUT2D eigenvalue weighted by Crippen LogP contribution is -2.23. The first-order valence-corrected chi connectivity index (χ1v) is 11.6. The number of halogens is 4. The second-order valence-corrected chi connectivity index (χ2v) is 9.46. The molecule has 0 saturated heterocycles. The Balaban J connectivity index is 1.55. The highest BCUT2D eigenvalue weighted by molar-refractivity contribution is 7.15. The molecule has 0 saturated carbocycles. The fraction of sp³-hybridized carbons (Fsp3) is 0.318. The van der Waals surface area contributed by atoms with Crippen LogP contribution in [0.3, 0.4) is 0 Å². The zero-order valence-electron chi connectivity index (χ0n) is 17.3. The van der Waals surface area contributed by atoms with E-state index in [1.807, 2.05) is 12.1 Å². The molecule has 0 atom stereocenters. The average Bonchev–Trinajstić information content (AvgIpc) is 3.13. The molecule has 11 heteroatoms. The zero-order chi connectivity index (χ0) is 23.2. The van der Waals surface area contributed by atoms with Crippen LogP contribution in [0.4, 0.5) is 24.8 Å².